The minimum atomic E-state index is -0.320. The van der Waals surface area contributed by atoms with Crippen molar-refractivity contribution in [1.82, 2.24) is 5.43 Å². The second-order valence-corrected chi connectivity index (χ2v) is 4.94. The van der Waals surface area contributed by atoms with Crippen LogP contribution in [0.3, 0.4) is 0 Å². The van der Waals surface area contributed by atoms with Gasteiger partial charge in [0.2, 0.25) is 0 Å². The van der Waals surface area contributed by atoms with Gasteiger partial charge >= 0.3 is 0 Å². The molecule has 0 atom stereocenters. The molecule has 0 saturated heterocycles. The molecule has 2 aromatic carbocycles. The fraction of sp³-hybridized carbons (Fsp3) is 0.0667. The van der Waals surface area contributed by atoms with Gasteiger partial charge in [-0.25, -0.2) is 5.43 Å². The second kappa shape index (κ2) is 7.11. The normalized spacial score (nSPS) is 10.6. The summed E-state index contributed by atoms with van der Waals surface area (Å²) in [5.74, 6) is 0.363. The molecule has 0 aliphatic carbocycles. The molecule has 108 valence electrons. The van der Waals surface area contributed by atoms with Crippen LogP contribution in [0.4, 0.5) is 0 Å². The fourth-order valence-electron chi connectivity index (χ4n) is 1.57. The summed E-state index contributed by atoms with van der Waals surface area (Å²) in [5.41, 5.74) is 3.57. The van der Waals surface area contributed by atoms with Gasteiger partial charge in [0.25, 0.3) is 5.91 Å². The van der Waals surface area contributed by atoms with E-state index in [2.05, 4.69) is 10.5 Å². The number of carbonyl (C=O) groups is 1. The van der Waals surface area contributed by atoms with Crippen LogP contribution in [0.15, 0.2) is 47.6 Å². The highest BCUT2D eigenvalue weighted by atomic mass is 35.5. The third kappa shape index (κ3) is 4.21. The van der Waals surface area contributed by atoms with E-state index >= 15 is 0 Å². The Kier molecular flexibility index (Phi) is 5.20. The van der Waals surface area contributed by atoms with Gasteiger partial charge in [0.05, 0.1) is 18.3 Å². The van der Waals surface area contributed by atoms with E-state index in [9.17, 15) is 4.79 Å². The lowest BCUT2D eigenvalue weighted by atomic mass is 10.2. The first-order valence-electron chi connectivity index (χ1n) is 6.02. The lowest BCUT2D eigenvalue weighted by molar-refractivity contribution is 0.0955. The zero-order chi connectivity index (χ0) is 15.2. The van der Waals surface area contributed by atoms with Crippen LogP contribution in [-0.4, -0.2) is 19.2 Å². The van der Waals surface area contributed by atoms with Crippen molar-refractivity contribution in [2.45, 2.75) is 0 Å². The molecule has 0 heterocycles. The van der Waals surface area contributed by atoms with E-state index in [1.807, 2.05) is 0 Å². The van der Waals surface area contributed by atoms with E-state index in [0.29, 0.717) is 26.9 Å². The van der Waals surface area contributed by atoms with Gasteiger partial charge < -0.3 is 4.74 Å². The first-order valence-corrected chi connectivity index (χ1v) is 6.78. The van der Waals surface area contributed by atoms with Crippen molar-refractivity contribution >= 4 is 35.3 Å². The first-order chi connectivity index (χ1) is 10.1. The summed E-state index contributed by atoms with van der Waals surface area (Å²) in [6, 6.07) is 11.7. The maximum absolute atomic E-state index is 11.9. The number of ether oxygens (including phenoxy) is 1. The molecule has 1 amide bonds. The number of nitrogens with one attached hydrogen (secondary N) is 1. The van der Waals surface area contributed by atoms with Crippen molar-refractivity contribution in [1.29, 1.82) is 0 Å². The number of halogens is 2. The number of methoxy groups -OCH3 is 1. The van der Waals surface area contributed by atoms with Crippen LogP contribution in [0.5, 0.6) is 5.75 Å². The van der Waals surface area contributed by atoms with Crippen LogP contribution in [0.2, 0.25) is 10.0 Å². The maximum atomic E-state index is 11.9. The van der Waals surface area contributed by atoms with E-state index < -0.39 is 0 Å². The highest BCUT2D eigenvalue weighted by Gasteiger charge is 2.04. The average Bonchev–Trinajstić information content (AvgIpc) is 2.49. The molecule has 0 aliphatic rings. The smallest absolute Gasteiger partial charge is 0.271 e. The van der Waals surface area contributed by atoms with E-state index in [0.717, 1.165) is 0 Å². The largest absolute Gasteiger partial charge is 0.497 e. The number of rotatable bonds is 4. The molecule has 0 aliphatic heterocycles. The highest BCUT2D eigenvalue weighted by molar-refractivity contribution is 6.36. The summed E-state index contributed by atoms with van der Waals surface area (Å²) in [4.78, 5) is 11.9. The molecule has 0 aromatic heterocycles. The molecule has 1 N–H and O–H groups in total. The van der Waals surface area contributed by atoms with Crippen molar-refractivity contribution in [2.75, 3.05) is 7.11 Å². The SMILES string of the molecule is COc1ccc(C(=O)N/N=C/c2ccc(Cl)cc2Cl)cc1. The molecule has 4 nitrogen and oxygen atoms in total. The van der Waals surface area contributed by atoms with Gasteiger partial charge in [0.15, 0.2) is 0 Å². The lowest BCUT2D eigenvalue weighted by Gasteiger charge is -2.02. The monoisotopic (exact) mass is 322 g/mol. The number of nitrogens with zero attached hydrogens (tertiary/aromatic N) is 1. The van der Waals surface area contributed by atoms with Gasteiger partial charge in [0.1, 0.15) is 5.75 Å². The Balaban J connectivity index is 2.01. The summed E-state index contributed by atoms with van der Waals surface area (Å²) >= 11 is 11.8. The quantitative estimate of drug-likeness (QED) is 0.688. The number of hydrogen-bond acceptors (Lipinski definition) is 3. The van der Waals surface area contributed by atoms with Gasteiger partial charge in [-0.3, -0.25) is 4.79 Å². The van der Waals surface area contributed by atoms with Gasteiger partial charge in [-0.1, -0.05) is 29.3 Å². The van der Waals surface area contributed by atoms with Crippen LogP contribution in [-0.2, 0) is 0 Å². The predicted molar refractivity (Wildman–Crippen MR) is 84.5 cm³/mol. The molecule has 0 unspecified atom stereocenters. The van der Waals surface area contributed by atoms with Gasteiger partial charge in [0, 0.05) is 16.1 Å². The van der Waals surface area contributed by atoms with E-state index in [1.54, 1.807) is 49.6 Å². The Labute approximate surface area is 132 Å². The number of benzene rings is 2. The minimum Gasteiger partial charge on any atom is -0.497 e. The zero-order valence-corrected chi connectivity index (χ0v) is 12.7. The fourth-order valence-corrected chi connectivity index (χ4v) is 2.03. The van der Waals surface area contributed by atoms with E-state index in [-0.39, 0.29) is 5.91 Å². The van der Waals surface area contributed by atoms with Crippen molar-refractivity contribution in [3.63, 3.8) is 0 Å². The third-order valence-corrected chi connectivity index (χ3v) is 3.25. The number of hydrogen-bond donors (Lipinski definition) is 1. The van der Waals surface area contributed by atoms with Crippen LogP contribution in [0.25, 0.3) is 0 Å². The van der Waals surface area contributed by atoms with Gasteiger partial charge in [-0.05, 0) is 36.4 Å². The molecule has 0 spiro atoms. The molecule has 0 bridgehead atoms. The molecule has 21 heavy (non-hydrogen) atoms. The minimum absolute atomic E-state index is 0.320. The van der Waals surface area contributed by atoms with Crippen molar-refractivity contribution < 1.29 is 9.53 Å². The molecule has 0 fully saturated rings. The van der Waals surface area contributed by atoms with E-state index in [4.69, 9.17) is 27.9 Å². The Morgan fingerprint density at radius 3 is 2.52 bits per heavy atom. The van der Waals surface area contributed by atoms with Crippen molar-refractivity contribution in [2.24, 2.45) is 5.10 Å². The standard InChI is InChI=1S/C15H12Cl2N2O2/c1-21-13-6-3-10(4-7-13)15(20)19-18-9-11-2-5-12(16)8-14(11)17/h2-9H,1H3,(H,19,20)/b18-9+. The highest BCUT2D eigenvalue weighted by Crippen LogP contribution is 2.19. The van der Waals surface area contributed by atoms with Crippen molar-refractivity contribution in [3.05, 3.63) is 63.6 Å². The number of carbonyl (C=O) groups excluding carboxylic acids is 1. The number of hydrazone groups is 1. The molecular formula is C15H12Cl2N2O2. The average molecular weight is 323 g/mol. The van der Waals surface area contributed by atoms with Gasteiger partial charge in [-0.15, -0.1) is 0 Å². The summed E-state index contributed by atoms with van der Waals surface area (Å²) in [7, 11) is 1.56. The van der Waals surface area contributed by atoms with Crippen LogP contribution in [0, 0.1) is 0 Å². The Bertz CT molecular complexity index is 670. The zero-order valence-electron chi connectivity index (χ0n) is 11.1. The molecule has 0 radical (unpaired) electrons. The lowest BCUT2D eigenvalue weighted by Crippen LogP contribution is -2.17. The summed E-state index contributed by atoms with van der Waals surface area (Å²) in [6.07, 6.45) is 1.46. The predicted octanol–water partition coefficient (Wildman–Crippen LogP) is 3.77. The Hall–Kier alpha value is -2.04. The molecule has 0 saturated carbocycles. The van der Waals surface area contributed by atoms with Crippen LogP contribution in [0.1, 0.15) is 15.9 Å². The van der Waals surface area contributed by atoms with Crippen LogP contribution >= 0.6 is 23.2 Å². The number of amides is 1. The molecule has 6 heteroatoms. The van der Waals surface area contributed by atoms with Crippen molar-refractivity contribution in [3.8, 4) is 5.75 Å². The maximum Gasteiger partial charge on any atom is 0.271 e. The van der Waals surface area contributed by atoms with Gasteiger partial charge in [-0.2, -0.15) is 5.10 Å². The Morgan fingerprint density at radius 1 is 1.19 bits per heavy atom. The van der Waals surface area contributed by atoms with E-state index in [1.165, 1.54) is 6.21 Å². The molecule has 2 rings (SSSR count). The summed E-state index contributed by atoms with van der Waals surface area (Å²) in [6.45, 7) is 0. The summed E-state index contributed by atoms with van der Waals surface area (Å²) < 4.78 is 5.02. The third-order valence-electron chi connectivity index (χ3n) is 2.68. The first kappa shape index (κ1) is 15.4. The topological polar surface area (TPSA) is 50.7 Å². The van der Waals surface area contributed by atoms with Crippen LogP contribution < -0.4 is 10.2 Å². The molecule has 2 aromatic rings. The molecular weight excluding hydrogens is 311 g/mol. The second-order valence-electron chi connectivity index (χ2n) is 4.09. The summed E-state index contributed by atoms with van der Waals surface area (Å²) in [5, 5.41) is 4.87. The Morgan fingerprint density at radius 2 is 1.90 bits per heavy atom.